The first-order chi connectivity index (χ1) is 17.2. The lowest BCUT2D eigenvalue weighted by Gasteiger charge is -2.58. The van der Waals surface area contributed by atoms with Gasteiger partial charge in [0.05, 0.1) is 31.3 Å². The van der Waals surface area contributed by atoms with Gasteiger partial charge >= 0.3 is 0 Å². The van der Waals surface area contributed by atoms with Crippen molar-refractivity contribution in [2.45, 2.75) is 38.5 Å². The molecule has 0 saturated carbocycles. The van der Waals surface area contributed by atoms with E-state index in [1.807, 2.05) is 6.08 Å². The lowest BCUT2D eigenvalue weighted by molar-refractivity contribution is -0.985. The number of pyridine rings is 1. The van der Waals surface area contributed by atoms with E-state index in [9.17, 15) is 13.9 Å². The molecule has 3 aliphatic rings. The molecule has 5 atom stereocenters. The molecule has 5 unspecified atom stereocenters. The smallest absolute Gasteiger partial charge is 0.171 e. The summed E-state index contributed by atoms with van der Waals surface area (Å²) in [5, 5.41) is 12.5. The van der Waals surface area contributed by atoms with Gasteiger partial charge in [-0.1, -0.05) is 6.08 Å². The molecule has 0 radical (unpaired) electrons. The molecule has 0 aliphatic carbocycles. The van der Waals surface area contributed by atoms with Gasteiger partial charge in [-0.05, 0) is 42.7 Å². The minimum absolute atomic E-state index is 0.0720. The lowest BCUT2D eigenvalue weighted by atomic mass is 9.71. The zero-order valence-corrected chi connectivity index (χ0v) is 20.3. The number of aliphatic hydroxyl groups is 1. The largest absolute Gasteiger partial charge is 0.497 e. The molecule has 3 saturated heterocycles. The number of ether oxygens (including phenoxy) is 1. The Kier molecular flexibility index (Phi) is 6.29. The number of quaternary nitrogens is 1. The highest BCUT2D eigenvalue weighted by Crippen LogP contribution is 2.48. The van der Waals surface area contributed by atoms with Crippen molar-refractivity contribution in [2.75, 3.05) is 20.2 Å². The third kappa shape index (κ3) is 3.78. The highest BCUT2D eigenvalue weighted by Gasteiger charge is 2.54. The second kappa shape index (κ2) is 9.16. The molecule has 0 spiro atoms. The second-order valence-corrected chi connectivity index (χ2v) is 10.1. The molecule has 0 amide bonds. The fourth-order valence-electron chi connectivity index (χ4n) is 6.36. The second-order valence-electron chi connectivity index (χ2n) is 10.1. The van der Waals surface area contributed by atoms with Gasteiger partial charge in [0.15, 0.2) is 23.3 Å². The van der Waals surface area contributed by atoms with Crippen molar-refractivity contribution in [3.8, 4) is 5.75 Å². The van der Waals surface area contributed by atoms with Crippen molar-refractivity contribution < 1.29 is 31.9 Å². The Labute approximate surface area is 207 Å². The first-order valence-corrected chi connectivity index (χ1v) is 12.1. The summed E-state index contributed by atoms with van der Waals surface area (Å²) in [6, 6.07) is 6.69. The molecule has 8 heteroatoms. The molecule has 190 valence electrons. The van der Waals surface area contributed by atoms with Crippen LogP contribution in [0.5, 0.6) is 5.75 Å². The van der Waals surface area contributed by atoms with Crippen molar-refractivity contribution in [2.24, 2.45) is 11.8 Å². The summed E-state index contributed by atoms with van der Waals surface area (Å²) in [6.45, 7) is 5.69. The number of hydrogen-bond acceptors (Lipinski definition) is 3. The Morgan fingerprint density at radius 2 is 1.89 bits per heavy atom. The van der Waals surface area contributed by atoms with E-state index in [0.717, 1.165) is 18.7 Å². The molecule has 4 heterocycles. The molecular formula is C28H29F4N2O2+. The maximum Gasteiger partial charge on any atom is 0.171 e. The van der Waals surface area contributed by atoms with Gasteiger partial charge in [-0.25, -0.2) is 17.6 Å². The summed E-state index contributed by atoms with van der Waals surface area (Å²) in [4.78, 5) is 4.39. The number of benzene rings is 2. The quantitative estimate of drug-likeness (QED) is 0.202. The van der Waals surface area contributed by atoms with Crippen LogP contribution < -0.4 is 4.74 Å². The molecule has 3 aromatic rings. The maximum absolute atomic E-state index is 15.0. The zero-order chi connectivity index (χ0) is 25.8. The van der Waals surface area contributed by atoms with Gasteiger partial charge in [-0.15, -0.1) is 6.58 Å². The number of halogens is 4. The number of aromatic nitrogens is 1. The fourth-order valence-corrected chi connectivity index (χ4v) is 6.36. The number of piperidine rings is 3. The molecule has 3 aliphatic heterocycles. The van der Waals surface area contributed by atoms with E-state index in [4.69, 9.17) is 4.74 Å². The molecule has 36 heavy (non-hydrogen) atoms. The predicted molar refractivity (Wildman–Crippen MR) is 128 cm³/mol. The Hall–Kier alpha value is -2.97. The average molecular weight is 502 g/mol. The van der Waals surface area contributed by atoms with Crippen LogP contribution in [0.4, 0.5) is 17.6 Å². The first-order valence-electron chi connectivity index (χ1n) is 12.1. The number of hydrogen-bond donors (Lipinski definition) is 1. The van der Waals surface area contributed by atoms with E-state index in [0.29, 0.717) is 36.3 Å². The Bertz CT molecular complexity index is 1320. The minimum Gasteiger partial charge on any atom is -0.497 e. The standard InChI is InChI=1S/C28H29F4N2O2/c1-4-16-13-34(14-21-26(31)24(29)15(2)25(30)27(21)32)10-8-17(16)11-23(34)28(35)19-7-9-33-22-6-5-18(36-3)12-20(19)22/h4-7,9,12,16-17,23,28,35H,1,8,10-11,13-14H2,2-3H3/q+1. The van der Waals surface area contributed by atoms with Crippen LogP contribution in [0.1, 0.15) is 35.6 Å². The SMILES string of the molecule is C=CC1C[N+]2(Cc3c(F)c(F)c(C)c(F)c3F)CCC1CC2C(O)c1ccnc2ccc(OC)cc12. The molecule has 1 aromatic heterocycles. The van der Waals surface area contributed by atoms with Crippen LogP contribution in [-0.4, -0.2) is 40.8 Å². The van der Waals surface area contributed by atoms with Crippen LogP contribution >= 0.6 is 0 Å². The first kappa shape index (κ1) is 24.7. The predicted octanol–water partition coefficient (Wildman–Crippen LogP) is 5.75. The Morgan fingerprint density at radius 1 is 1.17 bits per heavy atom. The summed E-state index contributed by atoms with van der Waals surface area (Å²) in [6.07, 6.45) is 3.82. The number of fused-ring (bicyclic) bond motifs is 4. The maximum atomic E-state index is 15.0. The van der Waals surface area contributed by atoms with Crippen LogP contribution in [0.25, 0.3) is 10.9 Å². The fraction of sp³-hybridized carbons (Fsp3) is 0.393. The molecule has 2 aromatic carbocycles. The van der Waals surface area contributed by atoms with Gasteiger partial charge in [0.25, 0.3) is 0 Å². The van der Waals surface area contributed by atoms with E-state index >= 15 is 8.78 Å². The van der Waals surface area contributed by atoms with Crippen LogP contribution in [-0.2, 0) is 6.54 Å². The summed E-state index contributed by atoms with van der Waals surface area (Å²) >= 11 is 0. The normalized spacial score (nSPS) is 26.2. The summed E-state index contributed by atoms with van der Waals surface area (Å²) < 4.78 is 64.4. The van der Waals surface area contributed by atoms with Crippen LogP contribution in [0, 0.1) is 42.0 Å². The molecule has 3 fully saturated rings. The molecule has 2 bridgehead atoms. The molecular weight excluding hydrogens is 472 g/mol. The van der Waals surface area contributed by atoms with Crippen LogP contribution in [0.15, 0.2) is 43.1 Å². The topological polar surface area (TPSA) is 42.4 Å². The van der Waals surface area contributed by atoms with Crippen molar-refractivity contribution in [1.82, 2.24) is 4.98 Å². The van der Waals surface area contributed by atoms with Crippen molar-refractivity contribution >= 4 is 10.9 Å². The van der Waals surface area contributed by atoms with Gasteiger partial charge in [-0.3, -0.25) is 4.98 Å². The van der Waals surface area contributed by atoms with Gasteiger partial charge in [0.1, 0.15) is 24.4 Å². The van der Waals surface area contributed by atoms with E-state index in [1.165, 1.54) is 0 Å². The monoisotopic (exact) mass is 501 g/mol. The summed E-state index contributed by atoms with van der Waals surface area (Å²) in [7, 11) is 1.55. The van der Waals surface area contributed by atoms with Gasteiger partial charge in [0, 0.05) is 35.9 Å². The van der Waals surface area contributed by atoms with E-state index in [1.54, 1.807) is 37.6 Å². The number of nitrogens with zero attached hydrogens (tertiary/aromatic N) is 2. The van der Waals surface area contributed by atoms with E-state index < -0.39 is 46.5 Å². The van der Waals surface area contributed by atoms with Crippen LogP contribution in [0.2, 0.25) is 0 Å². The zero-order valence-electron chi connectivity index (χ0n) is 20.3. The van der Waals surface area contributed by atoms with Gasteiger partial charge in [-0.2, -0.15) is 0 Å². The highest BCUT2D eigenvalue weighted by atomic mass is 19.2. The Balaban J connectivity index is 1.62. The van der Waals surface area contributed by atoms with Crippen molar-refractivity contribution in [1.29, 1.82) is 0 Å². The van der Waals surface area contributed by atoms with Gasteiger partial charge < -0.3 is 14.3 Å². The molecule has 1 N–H and O–H groups in total. The van der Waals surface area contributed by atoms with Crippen LogP contribution in [0.3, 0.4) is 0 Å². The van der Waals surface area contributed by atoms with Crippen molar-refractivity contribution in [3.63, 3.8) is 0 Å². The number of methoxy groups -OCH3 is 1. The Morgan fingerprint density at radius 3 is 2.56 bits per heavy atom. The van der Waals surface area contributed by atoms with Gasteiger partial charge in [0.2, 0.25) is 0 Å². The lowest BCUT2D eigenvalue weighted by Crippen LogP contribution is -2.67. The number of aliphatic hydroxyl groups excluding tert-OH is 1. The van der Waals surface area contributed by atoms with E-state index in [2.05, 4.69) is 11.6 Å². The van der Waals surface area contributed by atoms with E-state index in [-0.39, 0.29) is 22.9 Å². The third-order valence-corrected chi connectivity index (χ3v) is 8.39. The third-order valence-electron chi connectivity index (χ3n) is 8.39. The average Bonchev–Trinajstić information content (AvgIpc) is 2.92. The number of rotatable bonds is 6. The summed E-state index contributed by atoms with van der Waals surface area (Å²) in [5.41, 5.74) is 0.0194. The molecule has 6 rings (SSSR count). The summed E-state index contributed by atoms with van der Waals surface area (Å²) in [5.74, 6) is -4.55. The van der Waals surface area contributed by atoms with Crippen molar-refractivity contribution in [3.05, 3.63) is 83.1 Å². The molecule has 4 nitrogen and oxygen atoms in total. The minimum atomic E-state index is -1.38. The highest BCUT2D eigenvalue weighted by molar-refractivity contribution is 5.83.